The molecule has 17 heavy (non-hydrogen) atoms. The van der Waals surface area contributed by atoms with Crippen LogP contribution in [0.1, 0.15) is 26.2 Å². The molecule has 0 N–H and O–H groups in total. The van der Waals surface area contributed by atoms with Gasteiger partial charge in [-0.05, 0) is 18.8 Å². The van der Waals surface area contributed by atoms with Crippen molar-refractivity contribution in [3.63, 3.8) is 0 Å². The molecule has 2 rings (SSSR count). The standard InChI is InChI=1S/C16H21B/c1-3-5-9-15-13-17(12-14(15)4-2)16-10-7-6-8-11-16/h4,6-8,10-11,13-14H,2-3,5,9,12H2,1H3. The van der Waals surface area contributed by atoms with Crippen molar-refractivity contribution in [1.82, 2.24) is 0 Å². The molecule has 0 fully saturated rings. The number of hydrogen-bond acceptors (Lipinski definition) is 0. The predicted octanol–water partition coefficient (Wildman–Crippen LogP) is 3.86. The lowest BCUT2D eigenvalue weighted by Crippen LogP contribution is -2.26. The second-order valence-corrected chi connectivity index (χ2v) is 4.94. The van der Waals surface area contributed by atoms with Crippen LogP contribution in [0.25, 0.3) is 0 Å². The zero-order chi connectivity index (χ0) is 12.1. The summed E-state index contributed by atoms with van der Waals surface area (Å²) < 4.78 is 0. The molecule has 1 aliphatic rings. The van der Waals surface area contributed by atoms with E-state index in [1.54, 1.807) is 5.57 Å². The van der Waals surface area contributed by atoms with Gasteiger partial charge in [0.25, 0.3) is 0 Å². The summed E-state index contributed by atoms with van der Waals surface area (Å²) >= 11 is 0. The van der Waals surface area contributed by atoms with Crippen LogP contribution in [0.15, 0.2) is 54.5 Å². The molecular weight excluding hydrogens is 203 g/mol. The van der Waals surface area contributed by atoms with Gasteiger partial charge in [0.15, 0.2) is 0 Å². The highest BCUT2D eigenvalue weighted by Gasteiger charge is 2.27. The predicted molar refractivity (Wildman–Crippen MR) is 77.9 cm³/mol. The molecule has 0 bridgehead atoms. The van der Waals surface area contributed by atoms with E-state index in [1.807, 2.05) is 0 Å². The van der Waals surface area contributed by atoms with Gasteiger partial charge in [0.2, 0.25) is 6.71 Å². The molecule has 88 valence electrons. The Morgan fingerprint density at radius 2 is 2.12 bits per heavy atom. The zero-order valence-electron chi connectivity index (χ0n) is 10.7. The van der Waals surface area contributed by atoms with E-state index in [4.69, 9.17) is 0 Å². The molecule has 1 heterocycles. The second kappa shape index (κ2) is 5.91. The van der Waals surface area contributed by atoms with E-state index >= 15 is 0 Å². The summed E-state index contributed by atoms with van der Waals surface area (Å²) in [4.78, 5) is 0. The monoisotopic (exact) mass is 224 g/mol. The smallest absolute Gasteiger partial charge is 0.110 e. The highest BCUT2D eigenvalue weighted by Crippen LogP contribution is 2.30. The fourth-order valence-electron chi connectivity index (χ4n) is 2.70. The maximum atomic E-state index is 3.99. The molecule has 0 amide bonds. The highest BCUT2D eigenvalue weighted by molar-refractivity contribution is 6.78. The number of hydrogen-bond donors (Lipinski definition) is 0. The first-order valence-corrected chi connectivity index (χ1v) is 6.73. The third-order valence-electron chi connectivity index (χ3n) is 3.73. The Kier molecular flexibility index (Phi) is 4.25. The minimum Gasteiger partial charge on any atom is -0.110 e. The van der Waals surface area contributed by atoms with Crippen molar-refractivity contribution in [3.8, 4) is 0 Å². The summed E-state index contributed by atoms with van der Waals surface area (Å²) in [5.74, 6) is 3.09. The first kappa shape index (κ1) is 12.2. The van der Waals surface area contributed by atoms with Crippen LogP contribution in [0, 0.1) is 5.92 Å². The van der Waals surface area contributed by atoms with Gasteiger partial charge in [-0.3, -0.25) is 0 Å². The first-order valence-electron chi connectivity index (χ1n) is 6.73. The molecular formula is C16H21B. The minimum atomic E-state index is 0.603. The van der Waals surface area contributed by atoms with Gasteiger partial charge in [0, 0.05) is 0 Å². The molecule has 1 heteroatoms. The van der Waals surface area contributed by atoms with Gasteiger partial charge in [0.05, 0.1) is 0 Å². The highest BCUT2D eigenvalue weighted by atomic mass is 14.2. The maximum Gasteiger partial charge on any atom is 0.201 e. The second-order valence-electron chi connectivity index (χ2n) is 4.94. The minimum absolute atomic E-state index is 0.603. The lowest BCUT2D eigenvalue weighted by molar-refractivity contribution is 0.723. The van der Waals surface area contributed by atoms with Gasteiger partial charge in [-0.2, -0.15) is 0 Å². The van der Waals surface area contributed by atoms with Crippen molar-refractivity contribution in [2.45, 2.75) is 32.5 Å². The Morgan fingerprint density at radius 1 is 1.35 bits per heavy atom. The summed E-state index contributed by atoms with van der Waals surface area (Å²) in [7, 11) is 0. The molecule has 0 nitrogen and oxygen atoms in total. The Labute approximate surface area is 106 Å². The summed E-state index contributed by atoms with van der Waals surface area (Å²) in [6.07, 6.45) is 7.17. The van der Waals surface area contributed by atoms with Crippen LogP contribution < -0.4 is 5.46 Å². The molecule has 0 aliphatic carbocycles. The normalized spacial score (nSPS) is 19.2. The van der Waals surface area contributed by atoms with Crippen molar-refractivity contribution >= 4 is 12.2 Å². The van der Waals surface area contributed by atoms with Gasteiger partial charge >= 0.3 is 0 Å². The third-order valence-corrected chi connectivity index (χ3v) is 3.73. The third kappa shape index (κ3) is 2.91. The molecule has 0 radical (unpaired) electrons. The van der Waals surface area contributed by atoms with E-state index in [9.17, 15) is 0 Å². The molecule has 1 aromatic carbocycles. The molecule has 1 unspecified atom stereocenters. The molecule has 0 saturated heterocycles. The van der Waals surface area contributed by atoms with Crippen molar-refractivity contribution < 1.29 is 0 Å². The fraction of sp³-hybridized carbons (Fsp3) is 0.375. The summed E-state index contributed by atoms with van der Waals surface area (Å²) in [6.45, 7) is 6.85. The van der Waals surface area contributed by atoms with Crippen molar-refractivity contribution in [2.24, 2.45) is 5.92 Å². The Balaban J connectivity index is 2.12. The van der Waals surface area contributed by atoms with Crippen LogP contribution in [0.2, 0.25) is 6.32 Å². The molecule has 0 aromatic heterocycles. The summed E-state index contributed by atoms with van der Waals surface area (Å²) in [5, 5.41) is 0. The Hall–Kier alpha value is -1.24. The SMILES string of the molecule is C=CC1CB(c2ccccc2)C=C1CCCC. The van der Waals surface area contributed by atoms with E-state index in [-0.39, 0.29) is 0 Å². The summed E-state index contributed by atoms with van der Waals surface area (Å²) in [5.41, 5.74) is 3.06. The van der Waals surface area contributed by atoms with Crippen LogP contribution in [0.3, 0.4) is 0 Å². The number of unbranched alkanes of at least 4 members (excludes halogenated alkanes) is 1. The van der Waals surface area contributed by atoms with Gasteiger partial charge in [-0.15, -0.1) is 12.6 Å². The van der Waals surface area contributed by atoms with E-state index in [1.165, 1.54) is 31.0 Å². The van der Waals surface area contributed by atoms with E-state index in [2.05, 4.69) is 55.9 Å². The molecule has 1 atom stereocenters. The van der Waals surface area contributed by atoms with Crippen LogP contribution >= 0.6 is 0 Å². The van der Waals surface area contributed by atoms with E-state index < -0.39 is 0 Å². The summed E-state index contributed by atoms with van der Waals surface area (Å²) in [6, 6.07) is 10.8. The maximum absolute atomic E-state index is 3.99. The van der Waals surface area contributed by atoms with Crippen molar-refractivity contribution in [1.29, 1.82) is 0 Å². The number of rotatable bonds is 5. The van der Waals surface area contributed by atoms with Gasteiger partial charge in [0.1, 0.15) is 0 Å². The Bertz CT molecular complexity index is 391. The molecule has 0 saturated carbocycles. The number of allylic oxidation sites excluding steroid dienone is 2. The fourth-order valence-corrected chi connectivity index (χ4v) is 2.70. The lowest BCUT2D eigenvalue weighted by Gasteiger charge is -2.10. The van der Waals surface area contributed by atoms with Gasteiger partial charge < -0.3 is 0 Å². The average molecular weight is 224 g/mol. The van der Waals surface area contributed by atoms with Gasteiger partial charge in [-0.25, -0.2) is 0 Å². The Morgan fingerprint density at radius 3 is 2.76 bits per heavy atom. The average Bonchev–Trinajstić information content (AvgIpc) is 2.80. The van der Waals surface area contributed by atoms with Crippen LogP contribution in [0.5, 0.6) is 0 Å². The van der Waals surface area contributed by atoms with E-state index in [0.717, 1.165) is 0 Å². The molecule has 1 aromatic rings. The molecule has 0 spiro atoms. The zero-order valence-corrected chi connectivity index (χ0v) is 10.7. The number of benzene rings is 1. The van der Waals surface area contributed by atoms with Crippen molar-refractivity contribution in [2.75, 3.05) is 0 Å². The lowest BCUT2D eigenvalue weighted by atomic mass is 9.44. The topological polar surface area (TPSA) is 0 Å². The van der Waals surface area contributed by atoms with Gasteiger partial charge in [-0.1, -0.05) is 67.1 Å². The van der Waals surface area contributed by atoms with Crippen LogP contribution in [-0.2, 0) is 0 Å². The van der Waals surface area contributed by atoms with E-state index in [0.29, 0.717) is 12.6 Å². The first-order chi connectivity index (χ1) is 8.35. The van der Waals surface area contributed by atoms with Crippen LogP contribution in [0.4, 0.5) is 0 Å². The quantitative estimate of drug-likeness (QED) is 0.526. The molecule has 1 aliphatic heterocycles. The largest absolute Gasteiger partial charge is 0.201 e. The van der Waals surface area contributed by atoms with Crippen molar-refractivity contribution in [3.05, 3.63) is 54.5 Å². The van der Waals surface area contributed by atoms with Crippen LogP contribution in [-0.4, -0.2) is 6.71 Å².